The fraction of sp³-hybridized carbons (Fsp3) is 0.188. The summed E-state index contributed by atoms with van der Waals surface area (Å²) in [5, 5.41) is 10.7. The molecule has 1 heterocycles. The van der Waals surface area contributed by atoms with E-state index in [1.165, 1.54) is 0 Å². The Hall–Kier alpha value is -1.84. The molecule has 2 unspecified atom stereocenters. The lowest BCUT2D eigenvalue weighted by Crippen LogP contribution is -2.31. The van der Waals surface area contributed by atoms with E-state index in [1.807, 2.05) is 42.5 Å². The zero-order valence-electron chi connectivity index (χ0n) is 10.7. The number of aliphatic hydroxyl groups is 1. The molecule has 102 valence electrons. The second kappa shape index (κ2) is 5.65. The molecule has 0 bridgehead atoms. The van der Waals surface area contributed by atoms with Crippen LogP contribution < -0.4 is 0 Å². The number of ether oxygens (including phenoxy) is 1. The van der Waals surface area contributed by atoms with Gasteiger partial charge >= 0.3 is 0 Å². The number of halogens is 1. The van der Waals surface area contributed by atoms with Gasteiger partial charge in [-0.15, -0.1) is 0 Å². The predicted octanol–water partition coefficient (Wildman–Crippen LogP) is 3.22. The first-order chi connectivity index (χ1) is 9.74. The third kappa shape index (κ3) is 2.69. The summed E-state index contributed by atoms with van der Waals surface area (Å²) >= 11 is 5.88. The second-order valence-electron chi connectivity index (χ2n) is 4.68. The van der Waals surface area contributed by atoms with Gasteiger partial charge in [0.05, 0.1) is 0 Å². The van der Waals surface area contributed by atoms with E-state index in [-0.39, 0.29) is 12.6 Å². The van der Waals surface area contributed by atoms with Crippen molar-refractivity contribution in [1.82, 2.24) is 0 Å². The zero-order valence-corrected chi connectivity index (χ0v) is 11.5. The van der Waals surface area contributed by atoms with E-state index in [4.69, 9.17) is 16.3 Å². The Morgan fingerprint density at radius 1 is 1.05 bits per heavy atom. The summed E-state index contributed by atoms with van der Waals surface area (Å²) in [6.07, 6.45) is -0.631. The maximum Gasteiger partial charge on any atom is 0.216 e. The number of aliphatic hydroxyl groups excluding tert-OH is 1. The molecule has 0 aromatic heterocycles. The molecule has 1 aliphatic heterocycles. The van der Waals surface area contributed by atoms with Crippen molar-refractivity contribution in [3.05, 3.63) is 70.7 Å². The van der Waals surface area contributed by atoms with E-state index < -0.39 is 6.10 Å². The van der Waals surface area contributed by atoms with E-state index in [0.717, 1.165) is 11.1 Å². The molecule has 0 aliphatic carbocycles. The Kier molecular flexibility index (Phi) is 3.72. The van der Waals surface area contributed by atoms with E-state index in [0.29, 0.717) is 10.9 Å². The van der Waals surface area contributed by atoms with Gasteiger partial charge in [-0.3, -0.25) is 0 Å². The van der Waals surface area contributed by atoms with Crippen LogP contribution in [0.1, 0.15) is 17.2 Å². The first-order valence-electron chi connectivity index (χ1n) is 6.43. The number of rotatable bonds is 2. The van der Waals surface area contributed by atoms with Gasteiger partial charge in [-0.2, -0.15) is 0 Å². The van der Waals surface area contributed by atoms with Crippen LogP contribution in [0.4, 0.5) is 0 Å². The molecule has 0 radical (unpaired) electrons. The molecule has 3 nitrogen and oxygen atoms in total. The van der Waals surface area contributed by atoms with Gasteiger partial charge in [-0.05, 0) is 29.8 Å². The third-order valence-electron chi connectivity index (χ3n) is 3.24. The highest BCUT2D eigenvalue weighted by Crippen LogP contribution is 2.26. The highest BCUT2D eigenvalue weighted by atomic mass is 35.5. The molecule has 4 heteroatoms. The topological polar surface area (TPSA) is 41.8 Å². The van der Waals surface area contributed by atoms with Gasteiger partial charge in [-0.1, -0.05) is 41.9 Å². The standard InChI is InChI=1S/C16H14ClNO2/c17-13-8-6-12(7-9-13)16-18-15(14(19)10-20-16)11-4-2-1-3-5-11/h1-9,14-15,19H,10H2. The van der Waals surface area contributed by atoms with E-state index >= 15 is 0 Å². The molecule has 2 atom stereocenters. The van der Waals surface area contributed by atoms with Crippen molar-refractivity contribution in [3.63, 3.8) is 0 Å². The fourth-order valence-electron chi connectivity index (χ4n) is 2.20. The van der Waals surface area contributed by atoms with Crippen LogP contribution in [-0.2, 0) is 4.74 Å². The predicted molar refractivity (Wildman–Crippen MR) is 79.1 cm³/mol. The summed E-state index contributed by atoms with van der Waals surface area (Å²) in [6.45, 7) is 0.237. The number of nitrogens with zero attached hydrogens (tertiary/aromatic N) is 1. The van der Waals surface area contributed by atoms with Gasteiger partial charge in [-0.25, -0.2) is 4.99 Å². The SMILES string of the molecule is OC1COC(c2ccc(Cl)cc2)=NC1c1ccccc1. The van der Waals surface area contributed by atoms with Gasteiger partial charge in [0.2, 0.25) is 5.90 Å². The Balaban J connectivity index is 1.94. The lowest BCUT2D eigenvalue weighted by Gasteiger charge is -2.26. The lowest BCUT2D eigenvalue weighted by molar-refractivity contribution is 0.0652. The number of hydrogen-bond donors (Lipinski definition) is 1. The molecule has 0 spiro atoms. The van der Waals surface area contributed by atoms with Crippen molar-refractivity contribution in [3.8, 4) is 0 Å². The Morgan fingerprint density at radius 2 is 1.75 bits per heavy atom. The molecule has 0 saturated heterocycles. The van der Waals surface area contributed by atoms with Gasteiger partial charge in [0.25, 0.3) is 0 Å². The summed E-state index contributed by atoms with van der Waals surface area (Å²) in [5.41, 5.74) is 1.84. The normalized spacial score (nSPS) is 22.0. The fourth-order valence-corrected chi connectivity index (χ4v) is 2.33. The van der Waals surface area contributed by atoms with Gasteiger partial charge in [0.15, 0.2) is 0 Å². The monoisotopic (exact) mass is 287 g/mol. The molecule has 3 rings (SSSR count). The Morgan fingerprint density at radius 3 is 2.45 bits per heavy atom. The van der Waals surface area contributed by atoms with Gasteiger partial charge in [0.1, 0.15) is 18.8 Å². The van der Waals surface area contributed by atoms with Crippen LogP contribution in [-0.4, -0.2) is 23.7 Å². The van der Waals surface area contributed by atoms with Crippen LogP contribution in [0.15, 0.2) is 59.6 Å². The summed E-state index contributed by atoms with van der Waals surface area (Å²) in [7, 11) is 0. The smallest absolute Gasteiger partial charge is 0.216 e. The molecule has 0 saturated carbocycles. The maximum atomic E-state index is 10.1. The summed E-state index contributed by atoms with van der Waals surface area (Å²) in [4.78, 5) is 4.53. The van der Waals surface area contributed by atoms with E-state index in [1.54, 1.807) is 12.1 Å². The summed E-state index contributed by atoms with van der Waals surface area (Å²) in [5.74, 6) is 0.542. The zero-order chi connectivity index (χ0) is 13.9. The van der Waals surface area contributed by atoms with Crippen molar-refractivity contribution >= 4 is 17.5 Å². The molecule has 0 fully saturated rings. The van der Waals surface area contributed by atoms with E-state index in [9.17, 15) is 5.11 Å². The van der Waals surface area contributed by atoms with Crippen LogP contribution in [0.2, 0.25) is 5.02 Å². The molecule has 2 aromatic rings. The first-order valence-corrected chi connectivity index (χ1v) is 6.81. The minimum Gasteiger partial charge on any atom is -0.475 e. The second-order valence-corrected chi connectivity index (χ2v) is 5.11. The number of hydrogen-bond acceptors (Lipinski definition) is 3. The largest absolute Gasteiger partial charge is 0.475 e. The van der Waals surface area contributed by atoms with Crippen molar-refractivity contribution in [2.75, 3.05) is 6.61 Å². The molecular formula is C16H14ClNO2. The van der Waals surface area contributed by atoms with Crippen LogP contribution >= 0.6 is 11.6 Å². The van der Waals surface area contributed by atoms with Crippen molar-refractivity contribution in [2.24, 2.45) is 4.99 Å². The summed E-state index contributed by atoms with van der Waals surface area (Å²) < 4.78 is 5.52. The van der Waals surface area contributed by atoms with Crippen LogP contribution in [0.3, 0.4) is 0 Å². The van der Waals surface area contributed by atoms with Gasteiger partial charge < -0.3 is 9.84 Å². The molecule has 1 N–H and O–H groups in total. The average Bonchev–Trinajstić information content (AvgIpc) is 2.50. The summed E-state index contributed by atoms with van der Waals surface area (Å²) in [6, 6.07) is 16.8. The first kappa shape index (κ1) is 13.2. The quantitative estimate of drug-likeness (QED) is 0.921. The van der Waals surface area contributed by atoms with Gasteiger partial charge in [0, 0.05) is 10.6 Å². The lowest BCUT2D eigenvalue weighted by atomic mass is 10.0. The van der Waals surface area contributed by atoms with E-state index in [2.05, 4.69) is 4.99 Å². The molecule has 1 aliphatic rings. The number of aliphatic imine (C=N–C) groups is 1. The highest BCUT2D eigenvalue weighted by Gasteiger charge is 2.27. The van der Waals surface area contributed by atoms with Crippen LogP contribution in [0, 0.1) is 0 Å². The van der Waals surface area contributed by atoms with Crippen molar-refractivity contribution < 1.29 is 9.84 Å². The molecule has 0 amide bonds. The van der Waals surface area contributed by atoms with Crippen molar-refractivity contribution in [2.45, 2.75) is 12.1 Å². The minimum atomic E-state index is -0.631. The van der Waals surface area contributed by atoms with Crippen LogP contribution in [0.25, 0.3) is 0 Å². The molecular weight excluding hydrogens is 274 g/mol. The Bertz CT molecular complexity index is 610. The van der Waals surface area contributed by atoms with Crippen molar-refractivity contribution in [1.29, 1.82) is 0 Å². The third-order valence-corrected chi connectivity index (χ3v) is 3.50. The number of benzene rings is 2. The highest BCUT2D eigenvalue weighted by molar-refractivity contribution is 6.30. The molecule has 20 heavy (non-hydrogen) atoms. The minimum absolute atomic E-state index is 0.237. The average molecular weight is 288 g/mol. The maximum absolute atomic E-state index is 10.1. The van der Waals surface area contributed by atoms with Crippen LogP contribution in [0.5, 0.6) is 0 Å². The molecule has 2 aromatic carbocycles. The Labute approximate surface area is 122 Å².